The highest BCUT2D eigenvalue weighted by atomic mass is 16.1. The zero-order valence-electron chi connectivity index (χ0n) is 6.53. The van der Waals surface area contributed by atoms with Gasteiger partial charge in [0.05, 0.1) is 5.56 Å². The largest absolute Gasteiger partial charge is 0.383 e. The molecule has 0 radical (unpaired) electrons. The molecule has 4 heteroatoms. The van der Waals surface area contributed by atoms with Gasteiger partial charge in [0.1, 0.15) is 11.6 Å². The van der Waals surface area contributed by atoms with Crippen molar-refractivity contribution in [2.75, 3.05) is 5.73 Å². The first kappa shape index (κ1) is 8.39. The summed E-state index contributed by atoms with van der Waals surface area (Å²) < 4.78 is 0. The van der Waals surface area contributed by atoms with Gasteiger partial charge in [0.2, 0.25) is 0 Å². The van der Waals surface area contributed by atoms with Gasteiger partial charge in [-0.3, -0.25) is 4.79 Å². The van der Waals surface area contributed by atoms with Crippen molar-refractivity contribution in [2.24, 2.45) is 0 Å². The molecule has 0 saturated heterocycles. The van der Waals surface area contributed by atoms with Gasteiger partial charge in [0.15, 0.2) is 6.29 Å². The fourth-order valence-electron chi connectivity index (χ4n) is 0.761. The molecule has 0 saturated carbocycles. The molecule has 0 aliphatic heterocycles. The maximum absolute atomic E-state index is 10.3. The standard InChI is InChI=1S/C8H9N3O/c1-2-3-7-10-4-6(5-12)8(9)11-7/h2,4-5H,1,3H2,(H2,9,10,11). The SMILES string of the molecule is C=CCc1ncc(C=O)c(N)n1. The third-order valence-corrected chi connectivity index (χ3v) is 1.35. The number of aromatic nitrogens is 2. The van der Waals surface area contributed by atoms with E-state index in [1.165, 1.54) is 6.20 Å². The maximum atomic E-state index is 10.3. The number of hydrogen-bond acceptors (Lipinski definition) is 4. The van der Waals surface area contributed by atoms with Crippen molar-refractivity contribution in [3.63, 3.8) is 0 Å². The zero-order chi connectivity index (χ0) is 8.97. The maximum Gasteiger partial charge on any atom is 0.155 e. The lowest BCUT2D eigenvalue weighted by molar-refractivity contribution is 0.112. The summed E-state index contributed by atoms with van der Waals surface area (Å²) in [7, 11) is 0. The number of carbonyl (C=O) groups excluding carboxylic acids is 1. The Morgan fingerprint density at radius 3 is 2.92 bits per heavy atom. The monoisotopic (exact) mass is 163 g/mol. The number of hydrogen-bond donors (Lipinski definition) is 1. The lowest BCUT2D eigenvalue weighted by Gasteiger charge is -1.98. The van der Waals surface area contributed by atoms with Gasteiger partial charge in [0, 0.05) is 12.6 Å². The molecule has 0 spiro atoms. The van der Waals surface area contributed by atoms with Crippen molar-refractivity contribution < 1.29 is 4.79 Å². The van der Waals surface area contributed by atoms with Gasteiger partial charge in [-0.2, -0.15) is 0 Å². The first-order valence-corrected chi connectivity index (χ1v) is 3.45. The molecule has 62 valence electrons. The van der Waals surface area contributed by atoms with Crippen molar-refractivity contribution in [3.8, 4) is 0 Å². The average Bonchev–Trinajstić information content (AvgIpc) is 2.05. The molecule has 2 N–H and O–H groups in total. The Morgan fingerprint density at radius 1 is 1.67 bits per heavy atom. The highest BCUT2D eigenvalue weighted by Crippen LogP contribution is 2.04. The van der Waals surface area contributed by atoms with E-state index in [1.54, 1.807) is 6.08 Å². The summed E-state index contributed by atoms with van der Waals surface area (Å²) in [6.45, 7) is 3.54. The van der Waals surface area contributed by atoms with Crippen LogP contribution in [0.2, 0.25) is 0 Å². The quantitative estimate of drug-likeness (QED) is 0.523. The summed E-state index contributed by atoms with van der Waals surface area (Å²) in [6, 6.07) is 0. The van der Waals surface area contributed by atoms with E-state index in [-0.39, 0.29) is 5.82 Å². The second-order valence-corrected chi connectivity index (χ2v) is 2.24. The molecule has 0 bridgehead atoms. The van der Waals surface area contributed by atoms with Crippen molar-refractivity contribution in [2.45, 2.75) is 6.42 Å². The van der Waals surface area contributed by atoms with Crippen molar-refractivity contribution in [1.82, 2.24) is 9.97 Å². The van der Waals surface area contributed by atoms with Crippen LogP contribution in [0.15, 0.2) is 18.9 Å². The predicted octanol–water partition coefficient (Wildman–Crippen LogP) is 0.600. The Labute approximate surface area is 70.1 Å². The average molecular weight is 163 g/mol. The highest BCUT2D eigenvalue weighted by Gasteiger charge is 2.00. The Kier molecular flexibility index (Phi) is 2.53. The van der Waals surface area contributed by atoms with Gasteiger partial charge in [-0.25, -0.2) is 9.97 Å². The number of carbonyl (C=O) groups is 1. The summed E-state index contributed by atoms with van der Waals surface area (Å²) in [5.74, 6) is 0.796. The summed E-state index contributed by atoms with van der Waals surface area (Å²) in [5.41, 5.74) is 5.77. The van der Waals surface area contributed by atoms with Crippen LogP contribution in [0.5, 0.6) is 0 Å². The van der Waals surface area contributed by atoms with Crippen LogP contribution in [0.1, 0.15) is 16.2 Å². The minimum atomic E-state index is 0.219. The van der Waals surface area contributed by atoms with Crippen LogP contribution in [0.3, 0.4) is 0 Å². The molecule has 0 aliphatic rings. The second kappa shape index (κ2) is 3.61. The number of anilines is 1. The van der Waals surface area contributed by atoms with Crippen molar-refractivity contribution in [3.05, 3.63) is 30.2 Å². The van der Waals surface area contributed by atoms with Gasteiger partial charge in [-0.05, 0) is 0 Å². The molecule has 0 aromatic carbocycles. The van der Waals surface area contributed by atoms with E-state index in [0.29, 0.717) is 24.1 Å². The zero-order valence-corrected chi connectivity index (χ0v) is 6.53. The van der Waals surface area contributed by atoms with E-state index >= 15 is 0 Å². The second-order valence-electron chi connectivity index (χ2n) is 2.24. The summed E-state index contributed by atoms with van der Waals surface area (Å²) >= 11 is 0. The molecule has 0 aliphatic carbocycles. The molecule has 0 fully saturated rings. The van der Waals surface area contributed by atoms with Gasteiger partial charge in [-0.1, -0.05) is 6.08 Å². The van der Waals surface area contributed by atoms with Crippen LogP contribution in [0, 0.1) is 0 Å². The Balaban J connectivity index is 3.00. The summed E-state index contributed by atoms with van der Waals surface area (Å²) in [5, 5.41) is 0. The van der Waals surface area contributed by atoms with Gasteiger partial charge >= 0.3 is 0 Å². The Bertz CT molecular complexity index is 309. The van der Waals surface area contributed by atoms with E-state index in [9.17, 15) is 4.79 Å². The Hall–Kier alpha value is -1.71. The lowest BCUT2D eigenvalue weighted by atomic mass is 10.3. The van der Waals surface area contributed by atoms with Crippen molar-refractivity contribution >= 4 is 12.1 Å². The summed E-state index contributed by atoms with van der Waals surface area (Å²) in [4.78, 5) is 18.1. The van der Waals surface area contributed by atoms with E-state index < -0.39 is 0 Å². The minimum absolute atomic E-state index is 0.219. The van der Waals surface area contributed by atoms with Gasteiger partial charge < -0.3 is 5.73 Å². The topological polar surface area (TPSA) is 68.9 Å². The smallest absolute Gasteiger partial charge is 0.155 e. The first-order valence-electron chi connectivity index (χ1n) is 3.45. The predicted molar refractivity (Wildman–Crippen MR) is 45.7 cm³/mol. The van der Waals surface area contributed by atoms with E-state index in [2.05, 4.69) is 16.5 Å². The highest BCUT2D eigenvalue weighted by molar-refractivity contribution is 5.80. The molecular weight excluding hydrogens is 154 g/mol. The molecular formula is C8H9N3O. The van der Waals surface area contributed by atoms with E-state index in [1.807, 2.05) is 0 Å². The number of rotatable bonds is 3. The molecule has 1 heterocycles. The first-order chi connectivity index (χ1) is 5.77. The normalized spacial score (nSPS) is 9.33. The van der Waals surface area contributed by atoms with Gasteiger partial charge in [0.25, 0.3) is 0 Å². The molecule has 0 amide bonds. The van der Waals surface area contributed by atoms with Crippen LogP contribution in [0.4, 0.5) is 5.82 Å². The number of allylic oxidation sites excluding steroid dienone is 1. The van der Waals surface area contributed by atoms with E-state index in [0.717, 1.165) is 0 Å². The van der Waals surface area contributed by atoms with Crippen LogP contribution in [-0.4, -0.2) is 16.3 Å². The molecule has 1 aromatic heterocycles. The van der Waals surface area contributed by atoms with Crippen LogP contribution >= 0.6 is 0 Å². The van der Waals surface area contributed by atoms with Crippen LogP contribution in [0.25, 0.3) is 0 Å². The molecule has 4 nitrogen and oxygen atoms in total. The molecule has 12 heavy (non-hydrogen) atoms. The Morgan fingerprint density at radius 2 is 2.42 bits per heavy atom. The van der Waals surface area contributed by atoms with Crippen LogP contribution < -0.4 is 5.73 Å². The minimum Gasteiger partial charge on any atom is -0.383 e. The lowest BCUT2D eigenvalue weighted by Crippen LogP contribution is -2.02. The van der Waals surface area contributed by atoms with Crippen LogP contribution in [-0.2, 0) is 6.42 Å². The number of nitrogens with two attached hydrogens (primary N) is 1. The molecule has 1 aromatic rings. The van der Waals surface area contributed by atoms with E-state index in [4.69, 9.17) is 5.73 Å². The fourth-order valence-corrected chi connectivity index (χ4v) is 0.761. The third kappa shape index (κ3) is 1.66. The van der Waals surface area contributed by atoms with Gasteiger partial charge in [-0.15, -0.1) is 6.58 Å². The molecule has 0 atom stereocenters. The number of aldehydes is 1. The third-order valence-electron chi connectivity index (χ3n) is 1.35. The summed E-state index contributed by atoms with van der Waals surface area (Å²) in [6.07, 6.45) is 4.28. The number of nitrogen functional groups attached to an aromatic ring is 1. The van der Waals surface area contributed by atoms with Crippen molar-refractivity contribution in [1.29, 1.82) is 0 Å². The number of nitrogens with zero attached hydrogens (tertiary/aromatic N) is 2. The molecule has 1 rings (SSSR count). The fraction of sp³-hybridized carbons (Fsp3) is 0.125. The molecule has 0 unspecified atom stereocenters.